The molecule has 0 bridgehead atoms. The highest BCUT2D eigenvalue weighted by Crippen LogP contribution is 2.09. The summed E-state index contributed by atoms with van der Waals surface area (Å²) in [5.41, 5.74) is 5.70. The van der Waals surface area contributed by atoms with Gasteiger partial charge in [-0.05, 0) is 26.3 Å². The number of fused-ring (bicyclic) bond motifs is 1. The number of ether oxygens (including phenoxy) is 1. The number of unbranched alkanes of at least 4 members (excludes halogenated alkanes) is 1. The predicted molar refractivity (Wildman–Crippen MR) is 84.1 cm³/mol. The van der Waals surface area contributed by atoms with Crippen molar-refractivity contribution in [1.29, 1.82) is 0 Å². The first kappa shape index (κ1) is 16.4. The van der Waals surface area contributed by atoms with Crippen molar-refractivity contribution < 1.29 is 4.74 Å². The van der Waals surface area contributed by atoms with Crippen LogP contribution in [0.4, 0.5) is 0 Å². The van der Waals surface area contributed by atoms with E-state index >= 15 is 0 Å². The zero-order valence-corrected chi connectivity index (χ0v) is 13.3. The van der Waals surface area contributed by atoms with Gasteiger partial charge in [0.05, 0.1) is 13.2 Å². The van der Waals surface area contributed by atoms with E-state index in [0.717, 1.165) is 6.42 Å². The van der Waals surface area contributed by atoms with Crippen molar-refractivity contribution >= 4 is 11.2 Å². The summed E-state index contributed by atoms with van der Waals surface area (Å²) in [5, 5.41) is 0. The molecule has 0 fully saturated rings. The smallest absolute Gasteiger partial charge is 0.332 e. The van der Waals surface area contributed by atoms with Crippen LogP contribution in [-0.4, -0.2) is 38.9 Å². The monoisotopic (exact) mass is 309 g/mol. The standard InChI is InChI=1S/C14H23N5O3/c1-10-16-12-11(17(10)2)13(20)19(7-5-4-6-15)14(21)18(12)8-9-22-3/h4-9,15H2,1-3H3. The van der Waals surface area contributed by atoms with Crippen molar-refractivity contribution in [3.63, 3.8) is 0 Å². The molecule has 0 saturated heterocycles. The normalized spacial score (nSPS) is 11.5. The number of aromatic nitrogens is 4. The molecule has 2 aromatic heterocycles. The fourth-order valence-electron chi connectivity index (χ4n) is 2.47. The Balaban J connectivity index is 2.66. The van der Waals surface area contributed by atoms with Crippen LogP contribution in [0.15, 0.2) is 9.59 Å². The van der Waals surface area contributed by atoms with Crippen LogP contribution in [0.2, 0.25) is 0 Å². The van der Waals surface area contributed by atoms with Crippen LogP contribution in [-0.2, 0) is 24.9 Å². The number of imidazole rings is 1. The molecule has 122 valence electrons. The third-order valence-corrected chi connectivity index (χ3v) is 3.82. The van der Waals surface area contributed by atoms with E-state index in [9.17, 15) is 9.59 Å². The van der Waals surface area contributed by atoms with Crippen molar-refractivity contribution in [3.05, 3.63) is 26.7 Å². The first-order valence-electron chi connectivity index (χ1n) is 7.38. The summed E-state index contributed by atoms with van der Waals surface area (Å²) in [5.74, 6) is 0.692. The second-order valence-electron chi connectivity index (χ2n) is 5.27. The highest BCUT2D eigenvalue weighted by atomic mass is 16.5. The van der Waals surface area contributed by atoms with Crippen LogP contribution in [0.25, 0.3) is 11.2 Å². The van der Waals surface area contributed by atoms with Crippen molar-refractivity contribution in [2.45, 2.75) is 32.9 Å². The van der Waals surface area contributed by atoms with Crippen LogP contribution in [0.1, 0.15) is 18.7 Å². The summed E-state index contributed by atoms with van der Waals surface area (Å²) < 4.78 is 9.56. The first-order valence-corrected chi connectivity index (χ1v) is 7.38. The van der Waals surface area contributed by atoms with Gasteiger partial charge in [-0.3, -0.25) is 13.9 Å². The van der Waals surface area contributed by atoms with Gasteiger partial charge >= 0.3 is 5.69 Å². The fourth-order valence-corrected chi connectivity index (χ4v) is 2.47. The lowest BCUT2D eigenvalue weighted by atomic mass is 10.3. The minimum atomic E-state index is -0.343. The van der Waals surface area contributed by atoms with Crippen LogP contribution in [0, 0.1) is 6.92 Å². The Labute approximate surface area is 128 Å². The summed E-state index contributed by atoms with van der Waals surface area (Å²) in [6.07, 6.45) is 1.46. The van der Waals surface area contributed by atoms with Crippen molar-refractivity contribution in [3.8, 4) is 0 Å². The van der Waals surface area contributed by atoms with Gasteiger partial charge in [0.15, 0.2) is 11.2 Å². The Morgan fingerprint density at radius 3 is 2.55 bits per heavy atom. The first-order chi connectivity index (χ1) is 10.5. The average molecular weight is 309 g/mol. The molecule has 0 spiro atoms. The fraction of sp³-hybridized carbons (Fsp3) is 0.643. The summed E-state index contributed by atoms with van der Waals surface area (Å²) in [6.45, 7) is 3.45. The molecule has 0 aliphatic carbocycles. The van der Waals surface area contributed by atoms with Crippen LogP contribution < -0.4 is 17.0 Å². The van der Waals surface area contributed by atoms with Gasteiger partial charge in [-0.2, -0.15) is 0 Å². The van der Waals surface area contributed by atoms with E-state index in [1.54, 1.807) is 18.7 Å². The molecule has 2 heterocycles. The number of nitrogens with zero attached hydrogens (tertiary/aromatic N) is 4. The number of nitrogens with two attached hydrogens (primary N) is 1. The molecule has 2 aromatic rings. The molecule has 0 saturated carbocycles. The van der Waals surface area contributed by atoms with Crippen LogP contribution >= 0.6 is 0 Å². The van der Waals surface area contributed by atoms with E-state index in [4.69, 9.17) is 10.5 Å². The SMILES string of the molecule is COCCn1c(=O)n(CCCCN)c(=O)c2c1nc(C)n2C. The van der Waals surface area contributed by atoms with E-state index in [1.165, 1.54) is 9.13 Å². The summed E-state index contributed by atoms with van der Waals surface area (Å²) in [4.78, 5) is 29.6. The summed E-state index contributed by atoms with van der Waals surface area (Å²) in [7, 11) is 3.35. The highest BCUT2D eigenvalue weighted by molar-refractivity contribution is 5.70. The predicted octanol–water partition coefficient (Wildman–Crippen LogP) is -0.410. The average Bonchev–Trinajstić information content (AvgIpc) is 2.78. The molecule has 2 rings (SSSR count). The maximum atomic E-state index is 12.6. The third-order valence-electron chi connectivity index (χ3n) is 3.82. The lowest BCUT2D eigenvalue weighted by molar-refractivity contribution is 0.186. The lowest BCUT2D eigenvalue weighted by Crippen LogP contribution is -2.41. The van der Waals surface area contributed by atoms with Gasteiger partial charge in [-0.25, -0.2) is 9.78 Å². The summed E-state index contributed by atoms with van der Waals surface area (Å²) >= 11 is 0. The largest absolute Gasteiger partial charge is 0.383 e. The minimum absolute atomic E-state index is 0.297. The van der Waals surface area contributed by atoms with E-state index in [1.807, 2.05) is 6.92 Å². The number of aryl methyl sites for hydroxylation is 2. The second-order valence-corrected chi connectivity index (χ2v) is 5.27. The second kappa shape index (κ2) is 6.89. The Kier molecular flexibility index (Phi) is 5.15. The van der Waals surface area contributed by atoms with E-state index in [0.29, 0.717) is 49.7 Å². The van der Waals surface area contributed by atoms with Gasteiger partial charge in [-0.15, -0.1) is 0 Å². The zero-order valence-electron chi connectivity index (χ0n) is 13.3. The van der Waals surface area contributed by atoms with Gasteiger partial charge in [0.1, 0.15) is 5.82 Å². The Morgan fingerprint density at radius 1 is 1.18 bits per heavy atom. The van der Waals surface area contributed by atoms with Crippen LogP contribution in [0.5, 0.6) is 0 Å². The zero-order chi connectivity index (χ0) is 16.3. The van der Waals surface area contributed by atoms with Crippen LogP contribution in [0.3, 0.4) is 0 Å². The molecule has 22 heavy (non-hydrogen) atoms. The highest BCUT2D eigenvalue weighted by Gasteiger charge is 2.18. The molecular weight excluding hydrogens is 286 g/mol. The molecule has 0 unspecified atom stereocenters. The molecule has 0 radical (unpaired) electrons. The number of hydrogen-bond donors (Lipinski definition) is 1. The topological polar surface area (TPSA) is 97.1 Å². The van der Waals surface area contributed by atoms with E-state index < -0.39 is 0 Å². The van der Waals surface area contributed by atoms with Gasteiger partial charge in [0.25, 0.3) is 5.56 Å². The van der Waals surface area contributed by atoms with Gasteiger partial charge in [0.2, 0.25) is 0 Å². The summed E-state index contributed by atoms with van der Waals surface area (Å²) in [6, 6.07) is 0. The third kappa shape index (κ3) is 2.84. The molecular formula is C14H23N5O3. The molecule has 0 atom stereocenters. The molecule has 0 amide bonds. The number of rotatable bonds is 7. The maximum Gasteiger partial charge on any atom is 0.332 e. The van der Waals surface area contributed by atoms with Crippen molar-refractivity contribution in [1.82, 2.24) is 18.7 Å². The molecule has 8 nitrogen and oxygen atoms in total. The Hall–Kier alpha value is -1.93. The van der Waals surface area contributed by atoms with Crippen molar-refractivity contribution in [2.75, 3.05) is 20.3 Å². The van der Waals surface area contributed by atoms with E-state index in [2.05, 4.69) is 4.98 Å². The molecule has 8 heteroatoms. The minimum Gasteiger partial charge on any atom is -0.383 e. The molecule has 0 aromatic carbocycles. The number of hydrogen-bond acceptors (Lipinski definition) is 5. The molecule has 0 aliphatic heterocycles. The Morgan fingerprint density at radius 2 is 1.91 bits per heavy atom. The Bertz CT molecular complexity index is 771. The van der Waals surface area contributed by atoms with Gasteiger partial charge in [-0.1, -0.05) is 0 Å². The molecule has 0 aliphatic rings. The maximum absolute atomic E-state index is 12.6. The quantitative estimate of drug-likeness (QED) is 0.701. The number of methoxy groups -OCH3 is 1. The van der Waals surface area contributed by atoms with E-state index in [-0.39, 0.29) is 11.2 Å². The lowest BCUT2D eigenvalue weighted by Gasteiger charge is -2.11. The van der Waals surface area contributed by atoms with Crippen molar-refractivity contribution in [2.24, 2.45) is 12.8 Å². The molecule has 2 N–H and O–H groups in total. The van der Waals surface area contributed by atoms with Gasteiger partial charge < -0.3 is 15.0 Å². The van der Waals surface area contributed by atoms with Gasteiger partial charge in [0, 0.05) is 20.7 Å².